The van der Waals surface area contributed by atoms with Gasteiger partial charge in [-0.25, -0.2) is 0 Å². The van der Waals surface area contributed by atoms with Crippen LogP contribution in [0.4, 0.5) is 10.1 Å². The topological polar surface area (TPSA) is 214 Å². The Balaban J connectivity index is 2.14. The van der Waals surface area contributed by atoms with Crippen LogP contribution in [-0.2, 0) is 16.1 Å². The molecule has 1 aromatic carbocycles. The fraction of sp³-hybridized carbons (Fsp3) is 0.308. The number of phenols is 2. The lowest BCUT2D eigenvalue weighted by Gasteiger charge is -2.44. The number of imide groups is 1. The standard InChI is InChI=1S/C13H12FN3O9/c14-4-6(18)3-2(5(15)7(4)19)1-17(10(3)21)8-9(20)16-11(22)13(25,26)12(8,23)24/h8,18-19,23-26H,1,15H2,(H,16,20,22). The van der Waals surface area contributed by atoms with Gasteiger partial charge in [0.05, 0.1) is 17.8 Å². The summed E-state index contributed by atoms with van der Waals surface area (Å²) in [4.78, 5) is 36.2. The number of phenolic OH excluding ortho intramolecular Hbond substituents is 2. The molecule has 140 valence electrons. The zero-order chi connectivity index (χ0) is 19.8. The van der Waals surface area contributed by atoms with Crippen LogP contribution >= 0.6 is 0 Å². The molecule has 1 aromatic rings. The molecule has 26 heavy (non-hydrogen) atoms. The first-order valence-electron chi connectivity index (χ1n) is 6.91. The van der Waals surface area contributed by atoms with Gasteiger partial charge in [0.2, 0.25) is 5.82 Å². The number of hydrogen-bond acceptors (Lipinski definition) is 10. The second kappa shape index (κ2) is 5.01. The van der Waals surface area contributed by atoms with Crippen LogP contribution in [0, 0.1) is 5.82 Å². The van der Waals surface area contributed by atoms with E-state index in [0.717, 1.165) is 0 Å². The summed E-state index contributed by atoms with van der Waals surface area (Å²) in [5.41, 5.74) is 3.72. The van der Waals surface area contributed by atoms with E-state index >= 15 is 0 Å². The van der Waals surface area contributed by atoms with Crippen molar-refractivity contribution >= 4 is 23.4 Å². The Labute approximate surface area is 142 Å². The number of piperidine rings is 1. The van der Waals surface area contributed by atoms with Gasteiger partial charge >= 0.3 is 5.79 Å². The van der Waals surface area contributed by atoms with E-state index in [1.165, 1.54) is 5.32 Å². The maximum Gasteiger partial charge on any atom is 0.303 e. The molecular weight excluding hydrogens is 361 g/mol. The number of hydrogen-bond donors (Lipinski definition) is 8. The molecule has 0 aromatic heterocycles. The number of carbonyl (C=O) groups is 3. The Morgan fingerprint density at radius 2 is 1.69 bits per heavy atom. The molecule has 0 bridgehead atoms. The van der Waals surface area contributed by atoms with E-state index in [0.29, 0.717) is 4.90 Å². The fourth-order valence-electron chi connectivity index (χ4n) is 2.92. The summed E-state index contributed by atoms with van der Waals surface area (Å²) in [7, 11) is 0. The zero-order valence-electron chi connectivity index (χ0n) is 12.6. The third kappa shape index (κ3) is 1.93. The smallest absolute Gasteiger partial charge is 0.303 e. The number of aliphatic hydroxyl groups is 4. The molecule has 2 aliphatic rings. The number of fused-ring (bicyclic) bond motifs is 1. The number of halogens is 1. The van der Waals surface area contributed by atoms with Gasteiger partial charge in [0.15, 0.2) is 17.5 Å². The summed E-state index contributed by atoms with van der Waals surface area (Å²) < 4.78 is 13.7. The van der Waals surface area contributed by atoms with Crippen molar-refractivity contribution in [3.8, 4) is 11.5 Å². The second-order valence-corrected chi connectivity index (χ2v) is 5.83. The molecule has 12 nitrogen and oxygen atoms in total. The lowest BCUT2D eigenvalue weighted by atomic mass is 9.90. The Bertz CT molecular complexity index is 882. The summed E-state index contributed by atoms with van der Waals surface area (Å²) in [5.74, 6) is -16.5. The van der Waals surface area contributed by atoms with Crippen LogP contribution in [0.1, 0.15) is 15.9 Å². The van der Waals surface area contributed by atoms with Crippen molar-refractivity contribution in [2.75, 3.05) is 5.73 Å². The molecule has 1 fully saturated rings. The van der Waals surface area contributed by atoms with Crippen molar-refractivity contribution in [3.63, 3.8) is 0 Å². The Kier molecular flexibility index (Phi) is 3.43. The lowest BCUT2D eigenvalue weighted by molar-refractivity contribution is -0.355. The average molecular weight is 373 g/mol. The van der Waals surface area contributed by atoms with Crippen LogP contribution in [-0.4, -0.2) is 70.9 Å². The van der Waals surface area contributed by atoms with Crippen molar-refractivity contribution in [1.29, 1.82) is 0 Å². The number of anilines is 1. The molecule has 0 saturated carbocycles. The average Bonchev–Trinajstić information content (AvgIpc) is 2.87. The van der Waals surface area contributed by atoms with E-state index in [1.807, 2.05) is 0 Å². The normalized spacial score (nSPS) is 23.8. The molecule has 2 heterocycles. The van der Waals surface area contributed by atoms with E-state index in [9.17, 15) is 49.4 Å². The van der Waals surface area contributed by atoms with Crippen LogP contribution < -0.4 is 11.1 Å². The van der Waals surface area contributed by atoms with Gasteiger partial charge in [0.1, 0.15) is 0 Å². The highest BCUT2D eigenvalue weighted by Gasteiger charge is 2.67. The molecule has 0 radical (unpaired) electrons. The summed E-state index contributed by atoms with van der Waals surface area (Å²) in [6.45, 7) is -0.743. The van der Waals surface area contributed by atoms with Gasteiger partial charge in [-0.1, -0.05) is 0 Å². The van der Waals surface area contributed by atoms with Gasteiger partial charge in [-0.3, -0.25) is 19.7 Å². The van der Waals surface area contributed by atoms with E-state index in [2.05, 4.69) is 0 Å². The van der Waals surface area contributed by atoms with Crippen LogP contribution in [0.5, 0.6) is 11.5 Å². The van der Waals surface area contributed by atoms with Crippen molar-refractivity contribution in [2.24, 2.45) is 0 Å². The molecule has 3 amide bonds. The molecule has 1 saturated heterocycles. The van der Waals surface area contributed by atoms with E-state index in [-0.39, 0.29) is 5.56 Å². The predicted octanol–water partition coefficient (Wildman–Crippen LogP) is -3.84. The first kappa shape index (κ1) is 17.8. The van der Waals surface area contributed by atoms with Crippen LogP contribution in [0.25, 0.3) is 0 Å². The molecule has 3 rings (SSSR count). The van der Waals surface area contributed by atoms with Crippen molar-refractivity contribution < 1.29 is 49.4 Å². The highest BCUT2D eigenvalue weighted by molar-refractivity contribution is 6.09. The Hall–Kier alpha value is -3.00. The van der Waals surface area contributed by atoms with E-state index < -0.39 is 70.4 Å². The van der Waals surface area contributed by atoms with Gasteiger partial charge in [0, 0.05) is 5.56 Å². The SMILES string of the molecule is Nc1c(O)c(F)c(O)c2c1CN(C1C(=O)NC(=O)C(O)(O)C1(O)O)C2=O. The predicted molar refractivity (Wildman–Crippen MR) is 75.3 cm³/mol. The van der Waals surface area contributed by atoms with Crippen molar-refractivity contribution in [3.05, 3.63) is 16.9 Å². The number of nitrogens with zero attached hydrogens (tertiary/aromatic N) is 1. The van der Waals surface area contributed by atoms with Gasteiger partial charge in [-0.15, -0.1) is 0 Å². The number of nitrogen functional groups attached to an aromatic ring is 1. The van der Waals surface area contributed by atoms with Gasteiger partial charge < -0.3 is 41.3 Å². The highest BCUT2D eigenvalue weighted by Crippen LogP contribution is 2.44. The zero-order valence-corrected chi connectivity index (χ0v) is 12.6. The van der Waals surface area contributed by atoms with Crippen LogP contribution in [0.2, 0.25) is 0 Å². The Morgan fingerprint density at radius 3 is 2.27 bits per heavy atom. The van der Waals surface area contributed by atoms with E-state index in [4.69, 9.17) is 5.73 Å². The van der Waals surface area contributed by atoms with Gasteiger partial charge in [-0.2, -0.15) is 4.39 Å². The monoisotopic (exact) mass is 373 g/mol. The highest BCUT2D eigenvalue weighted by atomic mass is 19.1. The van der Waals surface area contributed by atoms with Gasteiger partial charge in [-0.05, 0) is 0 Å². The largest absolute Gasteiger partial charge is 0.504 e. The number of nitrogens with two attached hydrogens (primary N) is 1. The third-order valence-electron chi connectivity index (χ3n) is 4.35. The summed E-state index contributed by atoms with van der Waals surface area (Å²) in [6.07, 6.45) is 0. The van der Waals surface area contributed by atoms with Crippen LogP contribution in [0.3, 0.4) is 0 Å². The van der Waals surface area contributed by atoms with E-state index in [1.54, 1.807) is 0 Å². The number of carbonyl (C=O) groups excluding carboxylic acids is 3. The summed E-state index contributed by atoms with van der Waals surface area (Å²) in [6, 6.07) is -2.45. The molecule has 1 atom stereocenters. The molecule has 0 spiro atoms. The molecule has 2 aliphatic heterocycles. The maximum atomic E-state index is 13.7. The Morgan fingerprint density at radius 1 is 1.12 bits per heavy atom. The lowest BCUT2D eigenvalue weighted by Crippen LogP contribution is -2.79. The fourth-order valence-corrected chi connectivity index (χ4v) is 2.92. The first-order chi connectivity index (χ1) is 11.8. The number of benzene rings is 1. The van der Waals surface area contributed by atoms with Gasteiger partial charge in [0.25, 0.3) is 23.5 Å². The second-order valence-electron chi connectivity index (χ2n) is 5.83. The molecule has 9 N–H and O–H groups in total. The molecule has 1 unspecified atom stereocenters. The minimum absolute atomic E-state index is 0.322. The van der Waals surface area contributed by atoms with Crippen LogP contribution in [0.15, 0.2) is 0 Å². The molecular formula is C13H12FN3O9. The molecule has 0 aliphatic carbocycles. The summed E-state index contributed by atoms with van der Waals surface area (Å²) >= 11 is 0. The first-order valence-corrected chi connectivity index (χ1v) is 6.91. The number of amides is 3. The third-order valence-corrected chi connectivity index (χ3v) is 4.35. The quantitative estimate of drug-likeness (QED) is 0.0788. The number of aromatic hydroxyl groups is 2. The molecule has 13 heteroatoms. The van der Waals surface area contributed by atoms with Crippen molar-refractivity contribution in [2.45, 2.75) is 24.2 Å². The number of nitrogens with one attached hydrogen (secondary N) is 1. The number of rotatable bonds is 1. The minimum Gasteiger partial charge on any atom is -0.504 e. The van der Waals surface area contributed by atoms with Crippen molar-refractivity contribution in [1.82, 2.24) is 10.2 Å². The maximum absolute atomic E-state index is 13.7. The summed E-state index contributed by atoms with van der Waals surface area (Å²) in [5, 5.41) is 59.8. The minimum atomic E-state index is -3.87.